The predicted molar refractivity (Wildman–Crippen MR) is 201 cm³/mol. The van der Waals surface area contributed by atoms with Gasteiger partial charge < -0.3 is 0 Å². The monoisotopic (exact) mass is 704 g/mol. The number of rotatable bonds is 12. The van der Waals surface area contributed by atoms with E-state index in [9.17, 15) is 19.2 Å². The molecule has 0 aromatic heterocycles. The van der Waals surface area contributed by atoms with E-state index >= 15 is 0 Å². The number of amides is 4. The molecule has 0 radical (unpaired) electrons. The molecule has 0 spiro atoms. The minimum absolute atomic E-state index is 0.232. The minimum Gasteiger partial charge on any atom is -0.274 e. The second-order valence-corrected chi connectivity index (χ2v) is 14.8. The summed E-state index contributed by atoms with van der Waals surface area (Å²) in [5, 5.41) is 6.78. The van der Waals surface area contributed by atoms with Crippen LogP contribution in [0.2, 0.25) is 0 Å². The molecule has 0 bridgehead atoms. The molecule has 4 amide bonds. The van der Waals surface area contributed by atoms with Crippen molar-refractivity contribution >= 4 is 96.0 Å². The molecule has 6 nitrogen and oxygen atoms in total. The Balaban J connectivity index is 1.44. The first-order valence-electron chi connectivity index (χ1n) is 17.8. The molecular weight excluding hydrogens is 663 g/mol. The second kappa shape index (κ2) is 12.6. The first-order valence-corrected chi connectivity index (χ1v) is 18.6. The fourth-order valence-electron chi connectivity index (χ4n) is 8.40. The zero-order chi connectivity index (χ0) is 34.0. The molecule has 7 rings (SSSR count). The Hall–Kier alpha value is -3.78. The molecule has 0 saturated heterocycles. The minimum atomic E-state index is -0.250. The lowest BCUT2D eigenvalue weighted by Crippen LogP contribution is -2.43. The van der Waals surface area contributed by atoms with Gasteiger partial charge in [-0.25, -0.2) is 0 Å². The van der Waals surface area contributed by atoms with Crippen molar-refractivity contribution in [1.82, 2.24) is 9.80 Å². The Morgan fingerprint density at radius 3 is 1.50 bits per heavy atom. The van der Waals surface area contributed by atoms with Gasteiger partial charge in [-0.1, -0.05) is 106 Å². The third-order valence-electron chi connectivity index (χ3n) is 11.1. The van der Waals surface area contributed by atoms with Gasteiger partial charge in [-0.05, 0) is 64.4 Å². The van der Waals surface area contributed by atoms with Crippen LogP contribution in [0.15, 0.2) is 40.9 Å². The van der Waals surface area contributed by atoms with E-state index in [4.69, 9.17) is 0 Å². The zero-order valence-corrected chi connectivity index (χ0v) is 30.2. The molecule has 2 heterocycles. The molecule has 246 valence electrons. The highest BCUT2D eigenvalue weighted by atomic mass is 79.9. The number of unbranched alkanes of at least 4 members (excludes halogenated alkanes) is 2. The number of hydrogen-bond donors (Lipinski definition) is 0. The van der Waals surface area contributed by atoms with E-state index in [1.54, 1.807) is 0 Å². The Morgan fingerprint density at radius 1 is 0.583 bits per heavy atom. The molecule has 2 aliphatic heterocycles. The number of benzene rings is 5. The van der Waals surface area contributed by atoms with Crippen LogP contribution in [-0.4, -0.2) is 54.4 Å². The van der Waals surface area contributed by atoms with Gasteiger partial charge in [-0.2, -0.15) is 0 Å². The quantitative estimate of drug-likeness (QED) is 0.0566. The van der Waals surface area contributed by atoms with Gasteiger partial charge in [0.1, 0.15) is 7.85 Å². The third-order valence-corrected chi connectivity index (χ3v) is 11.7. The van der Waals surface area contributed by atoms with Gasteiger partial charge in [0.05, 0.1) is 0 Å². The lowest BCUT2D eigenvalue weighted by Gasteiger charge is -2.33. The average molecular weight is 706 g/mol. The standard InChI is InChI=1S/C40H42BBrN2O4/c1-5-9-11-21(7-3)19-43-37(45)25-16-14-24-34-30(42)18-28-32-26(38(46)44(40(28)48)20-22(8-4)12-10-6-2)15-13-23(36(32)34)33-29(41)17-27(39(43)47)31(25)35(24)33/h13-18,21-22H,5-12,19-20,41H2,1-4H3. The van der Waals surface area contributed by atoms with Crippen LogP contribution in [-0.2, 0) is 0 Å². The highest BCUT2D eigenvalue weighted by molar-refractivity contribution is 9.10. The molecule has 48 heavy (non-hydrogen) atoms. The highest BCUT2D eigenvalue weighted by Crippen LogP contribution is 2.48. The van der Waals surface area contributed by atoms with Gasteiger partial charge in [0, 0.05) is 61.4 Å². The van der Waals surface area contributed by atoms with Crippen LogP contribution in [0.1, 0.15) is 120 Å². The van der Waals surface area contributed by atoms with E-state index in [-0.39, 0.29) is 35.5 Å². The number of nitrogens with zero attached hydrogens (tertiary/aromatic N) is 2. The summed E-state index contributed by atoms with van der Waals surface area (Å²) in [6, 6.07) is 11.5. The highest BCUT2D eigenvalue weighted by Gasteiger charge is 2.38. The maximum Gasteiger partial charge on any atom is 0.261 e. The summed E-state index contributed by atoms with van der Waals surface area (Å²) in [6.45, 7) is 9.41. The van der Waals surface area contributed by atoms with Crippen molar-refractivity contribution in [2.24, 2.45) is 11.8 Å². The van der Waals surface area contributed by atoms with Crippen LogP contribution in [0.25, 0.3) is 43.1 Å². The Kier molecular flexibility index (Phi) is 8.59. The topological polar surface area (TPSA) is 74.8 Å². The molecule has 2 aliphatic rings. The number of halogens is 1. The first kappa shape index (κ1) is 32.8. The van der Waals surface area contributed by atoms with E-state index in [1.807, 2.05) is 44.2 Å². The van der Waals surface area contributed by atoms with E-state index in [0.29, 0.717) is 46.1 Å². The summed E-state index contributed by atoms with van der Waals surface area (Å²) >= 11 is 3.84. The third kappa shape index (κ3) is 4.80. The summed E-state index contributed by atoms with van der Waals surface area (Å²) < 4.78 is 0.755. The molecular formula is C40H42BBrN2O4. The number of hydrogen-bond acceptors (Lipinski definition) is 4. The van der Waals surface area contributed by atoms with Crippen LogP contribution in [0.5, 0.6) is 0 Å². The lowest BCUT2D eigenvalue weighted by atomic mass is 9.77. The summed E-state index contributed by atoms with van der Waals surface area (Å²) in [5.41, 5.74) is 3.12. The predicted octanol–water partition coefficient (Wildman–Crippen LogP) is 8.38. The first-order chi connectivity index (χ1) is 23.2. The molecule has 2 atom stereocenters. The van der Waals surface area contributed by atoms with Crippen LogP contribution >= 0.6 is 15.9 Å². The van der Waals surface area contributed by atoms with Gasteiger partial charge in [-0.3, -0.25) is 29.0 Å². The maximum atomic E-state index is 14.1. The number of imide groups is 2. The van der Waals surface area contributed by atoms with E-state index in [1.165, 1.54) is 9.80 Å². The maximum absolute atomic E-state index is 14.1. The Bertz CT molecular complexity index is 2020. The Morgan fingerprint density at radius 2 is 1.02 bits per heavy atom. The molecule has 5 aromatic rings. The normalized spacial score (nSPS) is 16.0. The fourth-order valence-corrected chi connectivity index (χ4v) is 9.04. The van der Waals surface area contributed by atoms with E-state index in [0.717, 1.165) is 93.6 Å². The van der Waals surface area contributed by atoms with Gasteiger partial charge in [0.25, 0.3) is 23.6 Å². The lowest BCUT2D eigenvalue weighted by molar-refractivity contribution is 0.0565. The van der Waals surface area contributed by atoms with Gasteiger partial charge in [0.2, 0.25) is 0 Å². The summed E-state index contributed by atoms with van der Waals surface area (Å²) in [5.74, 6) is -0.433. The smallest absolute Gasteiger partial charge is 0.261 e. The Labute approximate surface area is 291 Å². The van der Waals surface area contributed by atoms with Crippen molar-refractivity contribution in [2.45, 2.75) is 79.1 Å². The number of carbonyl (C=O) groups excluding carboxylic acids is 4. The van der Waals surface area contributed by atoms with E-state index in [2.05, 4.69) is 43.6 Å². The molecule has 0 N–H and O–H groups in total. The molecule has 8 heteroatoms. The largest absolute Gasteiger partial charge is 0.274 e. The fraction of sp³-hybridized carbons (Fsp3) is 0.400. The average Bonchev–Trinajstić information content (AvgIpc) is 3.09. The molecule has 0 aliphatic carbocycles. The van der Waals surface area contributed by atoms with Crippen molar-refractivity contribution in [2.75, 3.05) is 13.1 Å². The molecule has 0 fully saturated rings. The second-order valence-electron chi connectivity index (χ2n) is 14.0. The van der Waals surface area contributed by atoms with Crippen LogP contribution in [0.3, 0.4) is 0 Å². The number of carbonyl (C=O) groups is 4. The van der Waals surface area contributed by atoms with Crippen molar-refractivity contribution in [3.05, 3.63) is 63.1 Å². The van der Waals surface area contributed by atoms with Crippen molar-refractivity contribution < 1.29 is 19.2 Å². The summed E-state index contributed by atoms with van der Waals surface area (Å²) in [7, 11) is 2.01. The van der Waals surface area contributed by atoms with Gasteiger partial charge in [-0.15, -0.1) is 0 Å². The van der Waals surface area contributed by atoms with Crippen LogP contribution < -0.4 is 5.46 Å². The van der Waals surface area contributed by atoms with Gasteiger partial charge >= 0.3 is 0 Å². The van der Waals surface area contributed by atoms with Crippen LogP contribution in [0, 0.1) is 11.8 Å². The molecule has 0 saturated carbocycles. The molecule has 5 aromatic carbocycles. The summed E-state index contributed by atoms with van der Waals surface area (Å²) in [6.07, 6.45) is 8.10. The zero-order valence-electron chi connectivity index (χ0n) is 28.6. The van der Waals surface area contributed by atoms with Crippen LogP contribution in [0.4, 0.5) is 0 Å². The van der Waals surface area contributed by atoms with Crippen molar-refractivity contribution in [3.63, 3.8) is 0 Å². The van der Waals surface area contributed by atoms with Crippen molar-refractivity contribution in [3.8, 4) is 0 Å². The number of fused-ring (bicyclic) bond motifs is 2. The summed E-state index contributed by atoms with van der Waals surface area (Å²) in [4.78, 5) is 59.3. The van der Waals surface area contributed by atoms with Crippen molar-refractivity contribution in [1.29, 1.82) is 0 Å². The van der Waals surface area contributed by atoms with Gasteiger partial charge in [0.15, 0.2) is 0 Å². The van der Waals surface area contributed by atoms with E-state index < -0.39 is 0 Å². The molecule has 2 unspecified atom stereocenters. The SMILES string of the molecule is Bc1cc2c3c(ccc4c5c(Br)cc6c7c(ccc(c1c34)c75)C(=O)N(CC(CC)CCCC)C6=O)C(=O)N(CC(CC)CCCC)C2=O.